The fraction of sp³-hybridized carbons (Fsp3) is 0.429. The lowest BCUT2D eigenvalue weighted by Gasteiger charge is -2.15. The minimum absolute atomic E-state index is 0.0288. The summed E-state index contributed by atoms with van der Waals surface area (Å²) in [4.78, 5) is 24.8. The van der Waals surface area contributed by atoms with Gasteiger partial charge in [-0.25, -0.2) is 0 Å². The van der Waals surface area contributed by atoms with E-state index in [1.54, 1.807) is 17.0 Å². The van der Waals surface area contributed by atoms with E-state index in [2.05, 4.69) is 0 Å². The summed E-state index contributed by atoms with van der Waals surface area (Å²) >= 11 is 0. The van der Waals surface area contributed by atoms with E-state index in [0.29, 0.717) is 18.7 Å². The molecule has 1 saturated heterocycles. The number of hydrogen-bond acceptors (Lipinski definition) is 2. The van der Waals surface area contributed by atoms with E-state index in [0.717, 1.165) is 6.42 Å². The number of nitrogens with zero attached hydrogens (tertiary/aromatic N) is 1. The largest absolute Gasteiger partial charge is 0.389 e. The molecule has 1 aliphatic heterocycles. The summed E-state index contributed by atoms with van der Waals surface area (Å²) in [6.45, 7) is 0.639. The Morgan fingerprint density at radius 3 is 2.35 bits per heavy atom. The Hall–Kier alpha value is -1.85. The molecule has 0 spiro atoms. The van der Waals surface area contributed by atoms with Crippen molar-refractivity contribution in [1.82, 2.24) is 0 Å². The Morgan fingerprint density at radius 1 is 1.20 bits per heavy atom. The van der Waals surface area contributed by atoms with Crippen LogP contribution in [0.4, 0.5) is 18.9 Å². The van der Waals surface area contributed by atoms with Crippen LogP contribution in [0.5, 0.6) is 0 Å². The number of halogens is 3. The molecular formula is C14H14F3NO2. The second-order valence-corrected chi connectivity index (χ2v) is 4.73. The Kier molecular flexibility index (Phi) is 4.11. The smallest absolute Gasteiger partial charge is 0.312 e. The van der Waals surface area contributed by atoms with Crippen LogP contribution in [0.3, 0.4) is 0 Å². The van der Waals surface area contributed by atoms with Crippen molar-refractivity contribution in [2.24, 2.45) is 0 Å². The maximum atomic E-state index is 12.0. The molecule has 0 unspecified atom stereocenters. The molecular weight excluding hydrogens is 271 g/mol. The molecule has 1 amide bonds. The summed E-state index contributed by atoms with van der Waals surface area (Å²) < 4.78 is 36.1. The average Bonchev–Trinajstić information content (AvgIpc) is 2.81. The number of ketones is 1. The standard InChI is InChI=1S/C14H14F3NO2/c15-14(16,17)8-7-12(19)10-3-5-11(6-4-10)18-9-1-2-13(18)20/h3-6H,1-2,7-9H2. The number of rotatable bonds is 4. The predicted octanol–water partition coefficient (Wildman–Crippen LogP) is 3.34. The molecule has 0 aliphatic carbocycles. The summed E-state index contributed by atoms with van der Waals surface area (Å²) in [5.41, 5.74) is 0.921. The molecule has 6 heteroatoms. The lowest BCUT2D eigenvalue weighted by molar-refractivity contribution is -0.133. The van der Waals surface area contributed by atoms with Crippen LogP contribution in [0.25, 0.3) is 0 Å². The zero-order chi connectivity index (χ0) is 14.8. The first-order chi connectivity index (χ1) is 9.37. The van der Waals surface area contributed by atoms with Gasteiger partial charge in [0.2, 0.25) is 5.91 Å². The molecule has 3 nitrogen and oxygen atoms in total. The molecule has 0 aromatic heterocycles. The number of anilines is 1. The molecule has 0 N–H and O–H groups in total. The van der Waals surface area contributed by atoms with Crippen LogP contribution in [-0.2, 0) is 4.79 Å². The van der Waals surface area contributed by atoms with E-state index in [9.17, 15) is 22.8 Å². The van der Waals surface area contributed by atoms with E-state index in [-0.39, 0.29) is 11.5 Å². The summed E-state index contributed by atoms with van der Waals surface area (Å²) in [5, 5.41) is 0. The normalized spacial score (nSPS) is 15.8. The third-order valence-corrected chi connectivity index (χ3v) is 3.21. The van der Waals surface area contributed by atoms with Crippen molar-refractivity contribution < 1.29 is 22.8 Å². The molecule has 1 aromatic carbocycles. The molecule has 0 bridgehead atoms. The molecule has 0 atom stereocenters. The number of benzene rings is 1. The van der Waals surface area contributed by atoms with Crippen LogP contribution < -0.4 is 4.90 Å². The highest BCUT2D eigenvalue weighted by atomic mass is 19.4. The zero-order valence-corrected chi connectivity index (χ0v) is 10.7. The number of hydrogen-bond donors (Lipinski definition) is 0. The van der Waals surface area contributed by atoms with Gasteiger partial charge in [-0.1, -0.05) is 0 Å². The van der Waals surface area contributed by atoms with Gasteiger partial charge in [0, 0.05) is 30.6 Å². The fourth-order valence-electron chi connectivity index (χ4n) is 2.15. The van der Waals surface area contributed by atoms with Crippen LogP contribution in [0.15, 0.2) is 24.3 Å². The van der Waals surface area contributed by atoms with Crippen molar-refractivity contribution in [2.75, 3.05) is 11.4 Å². The average molecular weight is 285 g/mol. The second kappa shape index (κ2) is 5.64. The quantitative estimate of drug-likeness (QED) is 0.796. The van der Waals surface area contributed by atoms with Gasteiger partial charge in [0.1, 0.15) is 0 Å². The van der Waals surface area contributed by atoms with Crippen molar-refractivity contribution in [3.63, 3.8) is 0 Å². The fourth-order valence-corrected chi connectivity index (χ4v) is 2.15. The highest BCUT2D eigenvalue weighted by Crippen LogP contribution is 2.24. The highest BCUT2D eigenvalue weighted by molar-refractivity contribution is 5.98. The van der Waals surface area contributed by atoms with Crippen LogP contribution in [0, 0.1) is 0 Å². The maximum Gasteiger partial charge on any atom is 0.389 e. The first kappa shape index (κ1) is 14.6. The topological polar surface area (TPSA) is 37.4 Å². The van der Waals surface area contributed by atoms with E-state index in [1.165, 1.54) is 12.1 Å². The van der Waals surface area contributed by atoms with Crippen LogP contribution in [0.1, 0.15) is 36.0 Å². The second-order valence-electron chi connectivity index (χ2n) is 4.73. The van der Waals surface area contributed by atoms with Crippen molar-refractivity contribution in [1.29, 1.82) is 0 Å². The number of alkyl halides is 3. The molecule has 1 aromatic rings. The van der Waals surface area contributed by atoms with Gasteiger partial charge in [-0.05, 0) is 30.7 Å². The van der Waals surface area contributed by atoms with Crippen molar-refractivity contribution in [2.45, 2.75) is 31.9 Å². The van der Waals surface area contributed by atoms with Crippen LogP contribution in [-0.4, -0.2) is 24.4 Å². The van der Waals surface area contributed by atoms with E-state index in [4.69, 9.17) is 0 Å². The van der Waals surface area contributed by atoms with Crippen molar-refractivity contribution in [3.8, 4) is 0 Å². The first-order valence-corrected chi connectivity index (χ1v) is 6.37. The van der Waals surface area contributed by atoms with E-state index in [1.807, 2.05) is 0 Å². The third-order valence-electron chi connectivity index (χ3n) is 3.21. The van der Waals surface area contributed by atoms with Gasteiger partial charge < -0.3 is 4.90 Å². The number of carbonyl (C=O) groups excluding carboxylic acids is 2. The SMILES string of the molecule is O=C(CCC(F)(F)F)c1ccc(N2CCCC2=O)cc1. The molecule has 1 aliphatic rings. The Labute approximate surface area is 114 Å². The van der Waals surface area contributed by atoms with Crippen molar-refractivity contribution >= 4 is 17.4 Å². The summed E-state index contributed by atoms with van der Waals surface area (Å²) in [6.07, 6.45) is -4.68. The van der Waals surface area contributed by atoms with Gasteiger partial charge in [0.15, 0.2) is 5.78 Å². The van der Waals surface area contributed by atoms with Crippen LogP contribution >= 0.6 is 0 Å². The molecule has 1 heterocycles. The van der Waals surface area contributed by atoms with Gasteiger partial charge in [-0.3, -0.25) is 9.59 Å². The van der Waals surface area contributed by atoms with Gasteiger partial charge in [-0.2, -0.15) is 13.2 Å². The summed E-state index contributed by atoms with van der Waals surface area (Å²) in [7, 11) is 0. The molecule has 20 heavy (non-hydrogen) atoms. The Balaban J connectivity index is 2.01. The van der Waals surface area contributed by atoms with Gasteiger partial charge in [0.25, 0.3) is 0 Å². The zero-order valence-electron chi connectivity index (χ0n) is 10.7. The van der Waals surface area contributed by atoms with Gasteiger partial charge in [-0.15, -0.1) is 0 Å². The monoisotopic (exact) mass is 285 g/mol. The van der Waals surface area contributed by atoms with E-state index >= 15 is 0 Å². The van der Waals surface area contributed by atoms with Crippen LogP contribution in [0.2, 0.25) is 0 Å². The predicted molar refractivity (Wildman–Crippen MR) is 67.6 cm³/mol. The highest BCUT2D eigenvalue weighted by Gasteiger charge is 2.28. The Bertz CT molecular complexity index is 508. The summed E-state index contributed by atoms with van der Waals surface area (Å²) in [5.74, 6) is -0.511. The molecule has 2 rings (SSSR count). The number of carbonyl (C=O) groups is 2. The minimum atomic E-state index is -4.32. The maximum absolute atomic E-state index is 12.0. The van der Waals surface area contributed by atoms with Crippen molar-refractivity contribution in [3.05, 3.63) is 29.8 Å². The molecule has 0 saturated carbocycles. The molecule has 1 fully saturated rings. The first-order valence-electron chi connectivity index (χ1n) is 6.37. The minimum Gasteiger partial charge on any atom is -0.312 e. The number of amides is 1. The van der Waals surface area contributed by atoms with E-state index < -0.39 is 24.8 Å². The molecule has 108 valence electrons. The Morgan fingerprint density at radius 2 is 1.85 bits per heavy atom. The van der Waals surface area contributed by atoms with Gasteiger partial charge in [0.05, 0.1) is 6.42 Å². The number of Topliss-reactive ketones (excluding diaryl/α,β-unsaturated/α-hetero) is 1. The third kappa shape index (κ3) is 3.59. The lowest BCUT2D eigenvalue weighted by Crippen LogP contribution is -2.23. The lowest BCUT2D eigenvalue weighted by atomic mass is 10.1. The van der Waals surface area contributed by atoms with Gasteiger partial charge >= 0.3 is 6.18 Å². The summed E-state index contributed by atoms with van der Waals surface area (Å²) in [6, 6.07) is 6.15. The molecule has 0 radical (unpaired) electrons.